The smallest absolute Gasteiger partial charge is 0.255 e. The van der Waals surface area contributed by atoms with E-state index in [2.05, 4.69) is 0 Å². The molecule has 0 saturated carbocycles. The minimum Gasteiger partial charge on any atom is -0.497 e. The SMILES string of the molecule is COc1ccc(C=C2Oc3c(ccc(OCC(N)=O)c3C)C2=O)c(OC)c1. The molecule has 7 nitrogen and oxygen atoms in total. The Morgan fingerprint density at radius 2 is 1.93 bits per heavy atom. The van der Waals surface area contributed by atoms with Crippen LogP contribution in [0.15, 0.2) is 36.1 Å². The van der Waals surface area contributed by atoms with Crippen molar-refractivity contribution in [2.45, 2.75) is 6.92 Å². The number of carbonyl (C=O) groups excluding carboxylic acids is 2. The molecule has 0 unspecified atom stereocenters. The number of nitrogens with two attached hydrogens (primary N) is 1. The number of fused-ring (bicyclic) bond motifs is 1. The Morgan fingerprint density at radius 3 is 2.59 bits per heavy atom. The Labute approximate surface area is 156 Å². The number of amides is 1. The Bertz CT molecular complexity index is 948. The van der Waals surface area contributed by atoms with Crippen molar-refractivity contribution in [1.82, 2.24) is 0 Å². The first-order valence-corrected chi connectivity index (χ1v) is 8.15. The van der Waals surface area contributed by atoms with Gasteiger partial charge < -0.3 is 24.7 Å². The van der Waals surface area contributed by atoms with Crippen LogP contribution in [0.4, 0.5) is 0 Å². The van der Waals surface area contributed by atoms with Crippen LogP contribution in [-0.2, 0) is 4.79 Å². The van der Waals surface area contributed by atoms with Crippen LogP contribution in [0.3, 0.4) is 0 Å². The quantitative estimate of drug-likeness (QED) is 0.786. The number of ether oxygens (including phenoxy) is 4. The number of hydrogen-bond acceptors (Lipinski definition) is 6. The standard InChI is InChI=1S/C20H19NO6/c1-11-15(26-10-18(21)22)7-6-14-19(23)17(27-20(11)14)8-12-4-5-13(24-2)9-16(12)25-3/h4-9H,10H2,1-3H3,(H2,21,22). The third-order valence-corrected chi connectivity index (χ3v) is 4.13. The molecule has 2 aromatic rings. The lowest BCUT2D eigenvalue weighted by Gasteiger charge is -2.10. The first-order chi connectivity index (χ1) is 12.9. The highest BCUT2D eigenvalue weighted by atomic mass is 16.5. The highest BCUT2D eigenvalue weighted by Crippen LogP contribution is 2.40. The van der Waals surface area contributed by atoms with E-state index in [-0.39, 0.29) is 18.1 Å². The fourth-order valence-corrected chi connectivity index (χ4v) is 2.75. The zero-order valence-electron chi connectivity index (χ0n) is 15.2. The zero-order valence-corrected chi connectivity index (χ0v) is 15.2. The summed E-state index contributed by atoms with van der Waals surface area (Å²) >= 11 is 0. The number of carbonyl (C=O) groups is 2. The van der Waals surface area contributed by atoms with Gasteiger partial charge in [-0.3, -0.25) is 9.59 Å². The van der Waals surface area contributed by atoms with Crippen molar-refractivity contribution < 1.29 is 28.5 Å². The summed E-state index contributed by atoms with van der Waals surface area (Å²) in [5, 5.41) is 0. The second-order valence-corrected chi connectivity index (χ2v) is 5.87. The molecule has 27 heavy (non-hydrogen) atoms. The highest BCUT2D eigenvalue weighted by Gasteiger charge is 2.30. The topological polar surface area (TPSA) is 97.1 Å². The van der Waals surface area contributed by atoms with E-state index in [1.54, 1.807) is 50.4 Å². The monoisotopic (exact) mass is 369 g/mol. The van der Waals surface area contributed by atoms with Crippen molar-refractivity contribution in [3.8, 4) is 23.0 Å². The molecule has 2 aromatic carbocycles. The Balaban J connectivity index is 1.94. The summed E-state index contributed by atoms with van der Waals surface area (Å²) in [7, 11) is 3.10. The van der Waals surface area contributed by atoms with Gasteiger partial charge in [-0.15, -0.1) is 0 Å². The van der Waals surface area contributed by atoms with Gasteiger partial charge in [-0.05, 0) is 37.3 Å². The first kappa shape index (κ1) is 18.3. The van der Waals surface area contributed by atoms with Crippen LogP contribution in [0, 0.1) is 6.92 Å². The van der Waals surface area contributed by atoms with Gasteiger partial charge in [0.25, 0.3) is 5.91 Å². The number of allylic oxidation sites excluding steroid dienone is 1. The third-order valence-electron chi connectivity index (χ3n) is 4.13. The molecule has 2 N–H and O–H groups in total. The molecule has 3 rings (SSSR count). The van der Waals surface area contributed by atoms with E-state index in [1.807, 2.05) is 0 Å². The van der Waals surface area contributed by atoms with E-state index in [9.17, 15) is 9.59 Å². The second-order valence-electron chi connectivity index (χ2n) is 5.87. The Hall–Kier alpha value is -3.48. The van der Waals surface area contributed by atoms with Crippen LogP contribution < -0.4 is 24.7 Å². The van der Waals surface area contributed by atoms with Gasteiger partial charge in [-0.2, -0.15) is 0 Å². The van der Waals surface area contributed by atoms with Gasteiger partial charge in [0.05, 0.1) is 19.8 Å². The van der Waals surface area contributed by atoms with E-state index in [4.69, 9.17) is 24.7 Å². The van der Waals surface area contributed by atoms with Crippen LogP contribution >= 0.6 is 0 Å². The van der Waals surface area contributed by atoms with Crippen molar-refractivity contribution in [1.29, 1.82) is 0 Å². The van der Waals surface area contributed by atoms with Crippen molar-refractivity contribution >= 4 is 17.8 Å². The molecule has 1 aliphatic rings. The number of rotatable bonds is 6. The normalized spacial score (nSPS) is 13.9. The molecule has 0 atom stereocenters. The van der Waals surface area contributed by atoms with Crippen LogP contribution in [0.5, 0.6) is 23.0 Å². The predicted octanol–water partition coefficient (Wildman–Crippen LogP) is 2.49. The number of hydrogen-bond donors (Lipinski definition) is 1. The molecule has 0 bridgehead atoms. The third kappa shape index (κ3) is 3.57. The summed E-state index contributed by atoms with van der Waals surface area (Å²) in [4.78, 5) is 23.6. The minimum atomic E-state index is -0.584. The molecule has 140 valence electrons. The van der Waals surface area contributed by atoms with E-state index < -0.39 is 5.91 Å². The lowest BCUT2D eigenvalue weighted by atomic mass is 10.1. The Morgan fingerprint density at radius 1 is 1.15 bits per heavy atom. The maximum absolute atomic E-state index is 12.7. The van der Waals surface area contributed by atoms with Gasteiger partial charge in [-0.1, -0.05) is 0 Å². The second kappa shape index (κ2) is 7.41. The van der Waals surface area contributed by atoms with E-state index in [1.165, 1.54) is 7.11 Å². The van der Waals surface area contributed by atoms with Gasteiger partial charge >= 0.3 is 0 Å². The molecule has 0 fully saturated rings. The van der Waals surface area contributed by atoms with Gasteiger partial charge in [-0.25, -0.2) is 0 Å². The number of ketones is 1. The summed E-state index contributed by atoms with van der Waals surface area (Å²) < 4.78 is 21.7. The van der Waals surface area contributed by atoms with Crippen molar-refractivity contribution in [3.63, 3.8) is 0 Å². The molecule has 7 heteroatoms. The van der Waals surface area contributed by atoms with Gasteiger partial charge in [0.1, 0.15) is 23.0 Å². The average Bonchev–Trinajstić information content (AvgIpc) is 2.98. The van der Waals surface area contributed by atoms with Crippen molar-refractivity contribution in [2.75, 3.05) is 20.8 Å². The molecule has 1 amide bonds. The zero-order chi connectivity index (χ0) is 19.6. The summed E-state index contributed by atoms with van der Waals surface area (Å²) in [6, 6.07) is 8.49. The fourth-order valence-electron chi connectivity index (χ4n) is 2.75. The summed E-state index contributed by atoms with van der Waals surface area (Å²) in [6.07, 6.45) is 1.62. The molecule has 0 aliphatic carbocycles. The maximum Gasteiger partial charge on any atom is 0.255 e. The molecular formula is C20H19NO6. The van der Waals surface area contributed by atoms with Crippen molar-refractivity contribution in [3.05, 3.63) is 52.8 Å². The van der Waals surface area contributed by atoms with E-state index >= 15 is 0 Å². The van der Waals surface area contributed by atoms with E-state index in [0.717, 1.165) is 0 Å². The summed E-state index contributed by atoms with van der Waals surface area (Å²) in [5.74, 6) is 1.37. The summed E-state index contributed by atoms with van der Waals surface area (Å²) in [6.45, 7) is 1.50. The van der Waals surface area contributed by atoms with Gasteiger partial charge in [0.2, 0.25) is 5.78 Å². The lowest BCUT2D eigenvalue weighted by molar-refractivity contribution is -0.119. The molecular weight excluding hydrogens is 350 g/mol. The minimum absolute atomic E-state index is 0.170. The fraction of sp³-hybridized carbons (Fsp3) is 0.200. The molecule has 0 aromatic heterocycles. The van der Waals surface area contributed by atoms with Crippen molar-refractivity contribution in [2.24, 2.45) is 5.73 Å². The number of primary amides is 1. The van der Waals surface area contributed by atoms with Crippen LogP contribution in [0.1, 0.15) is 21.5 Å². The average molecular weight is 369 g/mol. The van der Waals surface area contributed by atoms with E-state index in [0.29, 0.717) is 39.7 Å². The largest absolute Gasteiger partial charge is 0.497 e. The number of benzene rings is 2. The lowest BCUT2D eigenvalue weighted by Crippen LogP contribution is -2.20. The molecule has 1 heterocycles. The Kier molecular flexibility index (Phi) is 5.03. The molecule has 0 saturated heterocycles. The van der Waals surface area contributed by atoms with Crippen LogP contribution in [-0.4, -0.2) is 32.5 Å². The highest BCUT2D eigenvalue weighted by molar-refractivity contribution is 6.15. The van der Waals surface area contributed by atoms with Gasteiger partial charge in [0.15, 0.2) is 12.4 Å². The first-order valence-electron chi connectivity index (χ1n) is 8.15. The predicted molar refractivity (Wildman–Crippen MR) is 98.3 cm³/mol. The van der Waals surface area contributed by atoms with Gasteiger partial charge in [0, 0.05) is 17.2 Å². The molecule has 0 spiro atoms. The molecule has 0 radical (unpaired) electrons. The maximum atomic E-state index is 12.7. The van der Waals surface area contributed by atoms with Crippen LogP contribution in [0.25, 0.3) is 6.08 Å². The summed E-state index contributed by atoms with van der Waals surface area (Å²) in [5.41, 5.74) is 6.83. The van der Waals surface area contributed by atoms with Crippen LogP contribution in [0.2, 0.25) is 0 Å². The number of methoxy groups -OCH3 is 2. The molecule has 1 aliphatic heterocycles. The number of Topliss-reactive ketones (excluding diaryl/α,β-unsaturated/α-hetero) is 1.